The molecule has 0 unspecified atom stereocenters. The molecule has 6 heteroatoms. The zero-order chi connectivity index (χ0) is 22.8. The maximum absolute atomic E-state index is 12.6. The Morgan fingerprint density at radius 3 is 2.73 bits per heavy atom. The van der Waals surface area contributed by atoms with Crippen LogP contribution in [0.1, 0.15) is 41.4 Å². The molecule has 2 N–H and O–H groups in total. The summed E-state index contributed by atoms with van der Waals surface area (Å²) < 4.78 is 6.11. The van der Waals surface area contributed by atoms with Crippen molar-refractivity contribution in [2.45, 2.75) is 19.8 Å². The molecule has 33 heavy (non-hydrogen) atoms. The largest absolute Gasteiger partial charge is 0.456 e. The molecule has 6 nitrogen and oxygen atoms in total. The van der Waals surface area contributed by atoms with E-state index in [-0.39, 0.29) is 11.8 Å². The van der Waals surface area contributed by atoms with E-state index in [0.29, 0.717) is 29.2 Å². The number of likely N-dealkylation sites (tertiary alicyclic amines) is 1. The van der Waals surface area contributed by atoms with Gasteiger partial charge in [-0.2, -0.15) is 0 Å². The summed E-state index contributed by atoms with van der Waals surface area (Å²) in [7, 11) is 0. The average molecular weight is 442 g/mol. The molecule has 1 saturated heterocycles. The highest BCUT2D eigenvalue weighted by molar-refractivity contribution is 6.36. The van der Waals surface area contributed by atoms with E-state index in [0.717, 1.165) is 42.0 Å². The minimum atomic E-state index is -0.126. The molecule has 2 aromatic carbocycles. The number of hydrogen-bond donors (Lipinski definition) is 2. The third-order valence-electron chi connectivity index (χ3n) is 6.34. The Hall–Kier alpha value is -3.64. The predicted molar refractivity (Wildman–Crippen MR) is 130 cm³/mol. The molecule has 0 saturated carbocycles. The fraction of sp³-hybridized carbons (Fsp3) is 0.259. The van der Waals surface area contributed by atoms with Crippen LogP contribution in [-0.2, 0) is 4.79 Å². The number of hydrogen-bond acceptors (Lipinski definition) is 4. The fourth-order valence-electron chi connectivity index (χ4n) is 4.56. The van der Waals surface area contributed by atoms with Crippen molar-refractivity contribution in [2.24, 2.45) is 0 Å². The van der Waals surface area contributed by atoms with Crippen molar-refractivity contribution in [1.82, 2.24) is 10.2 Å². The molecule has 5 rings (SSSR count). The van der Waals surface area contributed by atoms with E-state index in [1.54, 1.807) is 0 Å². The SMILES string of the molecule is CC(=C1C(=O)Nc2ccccc21)c1ccc(-c2cccc(C(=O)NCCN3CCCC3)c2)o1. The fourth-order valence-corrected chi connectivity index (χ4v) is 4.56. The zero-order valence-electron chi connectivity index (χ0n) is 18.7. The van der Waals surface area contributed by atoms with Crippen molar-refractivity contribution in [3.8, 4) is 11.3 Å². The van der Waals surface area contributed by atoms with Crippen LogP contribution >= 0.6 is 0 Å². The van der Waals surface area contributed by atoms with Crippen LogP contribution < -0.4 is 10.6 Å². The van der Waals surface area contributed by atoms with Crippen molar-refractivity contribution in [3.05, 3.63) is 77.6 Å². The van der Waals surface area contributed by atoms with Gasteiger partial charge in [-0.1, -0.05) is 30.3 Å². The molecule has 3 aromatic rings. The number of nitrogens with one attached hydrogen (secondary N) is 2. The Morgan fingerprint density at radius 1 is 1.06 bits per heavy atom. The Balaban J connectivity index is 1.33. The summed E-state index contributed by atoms with van der Waals surface area (Å²) in [6, 6.07) is 18.8. The first-order valence-corrected chi connectivity index (χ1v) is 11.4. The molecule has 0 aliphatic carbocycles. The standard InChI is InChI=1S/C27H27N3O3/c1-18(25-21-9-2-3-10-22(21)29-27(25)32)23-11-12-24(33-23)19-7-6-8-20(17-19)26(31)28-13-16-30-14-4-5-15-30/h2-3,6-12,17H,4-5,13-16H2,1H3,(H,28,31)(H,29,32). The molecular weight excluding hydrogens is 414 g/mol. The number of furan rings is 1. The summed E-state index contributed by atoms with van der Waals surface area (Å²) >= 11 is 0. The minimum absolute atomic E-state index is 0.0830. The average Bonchev–Trinajstić information content (AvgIpc) is 3.58. The molecule has 0 bridgehead atoms. The summed E-state index contributed by atoms with van der Waals surface area (Å²) in [5, 5.41) is 5.92. The van der Waals surface area contributed by atoms with E-state index in [9.17, 15) is 9.59 Å². The summed E-state index contributed by atoms with van der Waals surface area (Å²) in [5.74, 6) is 1.08. The van der Waals surface area contributed by atoms with E-state index >= 15 is 0 Å². The molecule has 3 heterocycles. The molecule has 1 aromatic heterocycles. The Bertz CT molecular complexity index is 1230. The predicted octanol–water partition coefficient (Wildman–Crippen LogP) is 4.66. The number of carbonyl (C=O) groups excluding carboxylic acids is 2. The van der Waals surface area contributed by atoms with Gasteiger partial charge in [0.05, 0.1) is 5.57 Å². The number of amides is 2. The Morgan fingerprint density at radius 2 is 1.88 bits per heavy atom. The second kappa shape index (κ2) is 9.08. The second-order valence-electron chi connectivity index (χ2n) is 8.55. The number of nitrogens with zero attached hydrogens (tertiary/aromatic N) is 1. The van der Waals surface area contributed by atoms with Gasteiger partial charge in [-0.25, -0.2) is 0 Å². The normalized spacial score (nSPS) is 17.1. The quantitative estimate of drug-likeness (QED) is 0.546. The number of anilines is 1. The molecule has 168 valence electrons. The van der Waals surface area contributed by atoms with Crippen LogP contribution in [0.5, 0.6) is 0 Å². The van der Waals surface area contributed by atoms with Gasteiger partial charge in [0.25, 0.3) is 11.8 Å². The maximum atomic E-state index is 12.6. The zero-order valence-corrected chi connectivity index (χ0v) is 18.7. The third-order valence-corrected chi connectivity index (χ3v) is 6.34. The third kappa shape index (κ3) is 4.34. The molecule has 2 aliphatic rings. The first kappa shape index (κ1) is 21.2. The van der Waals surface area contributed by atoms with Gasteiger partial charge in [0.2, 0.25) is 0 Å². The van der Waals surface area contributed by atoms with Crippen molar-refractivity contribution >= 4 is 28.6 Å². The topological polar surface area (TPSA) is 74.6 Å². The lowest BCUT2D eigenvalue weighted by Gasteiger charge is -2.14. The van der Waals surface area contributed by atoms with Gasteiger partial charge in [0, 0.05) is 41.0 Å². The number of carbonyl (C=O) groups is 2. The van der Waals surface area contributed by atoms with Crippen molar-refractivity contribution in [1.29, 1.82) is 0 Å². The van der Waals surface area contributed by atoms with Crippen LogP contribution in [0.3, 0.4) is 0 Å². The maximum Gasteiger partial charge on any atom is 0.256 e. The first-order valence-electron chi connectivity index (χ1n) is 11.4. The number of para-hydroxylation sites is 1. The first-order chi connectivity index (χ1) is 16.1. The minimum Gasteiger partial charge on any atom is -0.456 e. The molecule has 0 spiro atoms. The smallest absolute Gasteiger partial charge is 0.256 e. The van der Waals surface area contributed by atoms with Crippen molar-refractivity contribution in [3.63, 3.8) is 0 Å². The van der Waals surface area contributed by atoms with Gasteiger partial charge in [0.1, 0.15) is 11.5 Å². The summed E-state index contributed by atoms with van der Waals surface area (Å²) in [6.45, 7) is 5.66. The number of benzene rings is 2. The van der Waals surface area contributed by atoms with Gasteiger partial charge in [-0.3, -0.25) is 9.59 Å². The monoisotopic (exact) mass is 441 g/mol. The van der Waals surface area contributed by atoms with Crippen molar-refractivity contribution < 1.29 is 14.0 Å². The van der Waals surface area contributed by atoms with Crippen molar-refractivity contribution in [2.75, 3.05) is 31.5 Å². The lowest BCUT2D eigenvalue weighted by Crippen LogP contribution is -2.33. The van der Waals surface area contributed by atoms with E-state index < -0.39 is 0 Å². The lowest BCUT2D eigenvalue weighted by molar-refractivity contribution is -0.110. The van der Waals surface area contributed by atoms with E-state index in [1.807, 2.05) is 67.6 Å². The summed E-state index contributed by atoms with van der Waals surface area (Å²) in [4.78, 5) is 27.6. The second-order valence-corrected chi connectivity index (χ2v) is 8.55. The van der Waals surface area contributed by atoms with Gasteiger partial charge in [0.15, 0.2) is 0 Å². The molecule has 2 aliphatic heterocycles. The van der Waals surface area contributed by atoms with Gasteiger partial charge in [-0.15, -0.1) is 0 Å². The van der Waals surface area contributed by atoms with Gasteiger partial charge >= 0.3 is 0 Å². The highest BCUT2D eigenvalue weighted by Gasteiger charge is 2.27. The van der Waals surface area contributed by atoms with E-state index in [2.05, 4.69) is 15.5 Å². The van der Waals surface area contributed by atoms with E-state index in [4.69, 9.17) is 4.42 Å². The van der Waals surface area contributed by atoms with Crippen LogP contribution in [0.2, 0.25) is 0 Å². The Kier molecular flexibility index (Phi) is 5.84. The van der Waals surface area contributed by atoms with Crippen LogP contribution in [0.15, 0.2) is 65.1 Å². The summed E-state index contributed by atoms with van der Waals surface area (Å²) in [5.41, 5.74) is 4.52. The highest BCUT2D eigenvalue weighted by Crippen LogP contribution is 2.37. The number of allylic oxidation sites excluding steroid dienone is 1. The number of fused-ring (bicyclic) bond motifs is 1. The molecule has 2 amide bonds. The van der Waals surface area contributed by atoms with Crippen LogP contribution in [-0.4, -0.2) is 42.9 Å². The highest BCUT2D eigenvalue weighted by atomic mass is 16.3. The molecular formula is C27H27N3O3. The van der Waals surface area contributed by atoms with Crippen LogP contribution in [0.25, 0.3) is 22.5 Å². The lowest BCUT2D eigenvalue weighted by atomic mass is 10.0. The molecule has 0 atom stereocenters. The summed E-state index contributed by atoms with van der Waals surface area (Å²) in [6.07, 6.45) is 2.49. The molecule has 0 radical (unpaired) electrons. The van der Waals surface area contributed by atoms with Gasteiger partial charge < -0.3 is 20.0 Å². The number of rotatable bonds is 6. The van der Waals surface area contributed by atoms with E-state index in [1.165, 1.54) is 12.8 Å². The van der Waals surface area contributed by atoms with Crippen LogP contribution in [0, 0.1) is 0 Å². The molecule has 1 fully saturated rings. The van der Waals surface area contributed by atoms with Crippen LogP contribution in [0.4, 0.5) is 5.69 Å². The van der Waals surface area contributed by atoms with Gasteiger partial charge in [-0.05, 0) is 63.2 Å². The Labute approximate surface area is 193 Å².